The van der Waals surface area contributed by atoms with Crippen molar-refractivity contribution in [1.82, 2.24) is 0 Å². The summed E-state index contributed by atoms with van der Waals surface area (Å²) >= 11 is 0. The van der Waals surface area contributed by atoms with Gasteiger partial charge in [0.1, 0.15) is 11.2 Å². The van der Waals surface area contributed by atoms with E-state index in [9.17, 15) is 0 Å². The Bertz CT molecular complexity index is 4990. The van der Waals surface area contributed by atoms with Crippen LogP contribution in [-0.4, -0.2) is 8.07 Å². The second-order valence-electron chi connectivity index (χ2n) is 23.2. The molecule has 1 aliphatic rings. The van der Waals surface area contributed by atoms with Crippen LogP contribution in [0.2, 0.25) is 19.6 Å². The van der Waals surface area contributed by atoms with Crippen molar-refractivity contribution < 1.29 is 8.83 Å². The third kappa shape index (κ3) is 7.09. The molecule has 2 aromatic heterocycles. The number of furan rings is 2. The highest BCUT2D eigenvalue weighted by molar-refractivity contribution is 6.88. The lowest BCUT2D eigenvalue weighted by Gasteiger charge is -2.36. The number of anilines is 6. The molecule has 2 heterocycles. The Kier molecular flexibility index (Phi) is 10.7. The fourth-order valence-corrected chi connectivity index (χ4v) is 15.0. The minimum Gasteiger partial charge on any atom is -0.454 e. The number of fused-ring (bicyclic) bond motifs is 16. The van der Waals surface area contributed by atoms with Gasteiger partial charge in [0.15, 0.2) is 11.2 Å². The topological polar surface area (TPSA) is 32.8 Å². The van der Waals surface area contributed by atoms with E-state index in [4.69, 9.17) is 8.83 Å². The van der Waals surface area contributed by atoms with Gasteiger partial charge in [0.05, 0.1) is 30.6 Å². The van der Waals surface area contributed by atoms with Gasteiger partial charge in [-0.25, -0.2) is 0 Å². The van der Waals surface area contributed by atoms with E-state index in [0.29, 0.717) is 0 Å². The zero-order chi connectivity index (χ0) is 54.8. The third-order valence-electron chi connectivity index (χ3n) is 17.5. The van der Waals surface area contributed by atoms with Gasteiger partial charge in [0.25, 0.3) is 0 Å². The molecule has 0 atom stereocenters. The number of hydrogen-bond donors (Lipinski definition) is 0. The lowest BCUT2D eigenvalue weighted by atomic mass is 9.66. The van der Waals surface area contributed by atoms with Gasteiger partial charge in [-0.1, -0.05) is 231 Å². The third-order valence-corrected chi connectivity index (χ3v) is 19.6. The number of para-hydroxylation sites is 4. The highest BCUT2D eigenvalue weighted by atomic mass is 28.3. The Morgan fingerprint density at radius 1 is 0.329 bits per heavy atom. The first-order valence-corrected chi connectivity index (χ1v) is 32.0. The van der Waals surface area contributed by atoms with Crippen LogP contribution in [0.1, 0.15) is 27.8 Å². The molecule has 0 radical (unpaired) electrons. The van der Waals surface area contributed by atoms with Crippen molar-refractivity contribution in [2.75, 3.05) is 9.80 Å². The minimum atomic E-state index is -1.66. The van der Waals surface area contributed by atoms with E-state index in [1.165, 1.54) is 71.1 Å². The summed E-state index contributed by atoms with van der Waals surface area (Å²) in [6, 6.07) is 98.8. The van der Waals surface area contributed by atoms with Gasteiger partial charge < -0.3 is 18.6 Å². The summed E-state index contributed by atoms with van der Waals surface area (Å²) in [6.45, 7) is 9.41. The molecule has 0 saturated carbocycles. The Morgan fingerprint density at radius 2 is 0.793 bits per heavy atom. The first-order valence-electron chi connectivity index (χ1n) is 28.5. The summed E-state index contributed by atoms with van der Waals surface area (Å²) in [4.78, 5) is 4.87. The second-order valence-corrected chi connectivity index (χ2v) is 28.3. The molecule has 0 bridgehead atoms. The molecule has 0 N–H and O–H groups in total. The van der Waals surface area contributed by atoms with Gasteiger partial charge in [-0.3, -0.25) is 0 Å². The standard InChI is InChI=1S/C77H56N2O2Si/c1-49-37-39-52(40-38-49)78(67-33-19-31-63-58-27-15-17-35-70(58)80-75(63)67)54-43-46-62-65(47-54)56-25-11-13-29-60(56)73-72-61-30-14-12-26-57(61)69(48-66(72)77(74(62)73,50-21-7-5-8-22-50)51-23-9-6-10-24-51)79(53-41-44-55(45-42-53)82(2,3)4)68-34-20-32-64-59-28-16-18-36-71(59)81-76(64)68/h5-48H,1-4H3. The molecule has 1 aliphatic carbocycles. The molecule has 16 rings (SSSR count). The first-order chi connectivity index (χ1) is 40.2. The van der Waals surface area contributed by atoms with Gasteiger partial charge in [-0.2, -0.15) is 0 Å². The summed E-state index contributed by atoms with van der Waals surface area (Å²) in [7, 11) is -1.66. The number of rotatable bonds is 9. The summed E-state index contributed by atoms with van der Waals surface area (Å²) < 4.78 is 13.8. The molecule has 0 fully saturated rings. The van der Waals surface area contributed by atoms with Crippen LogP contribution in [0, 0.1) is 6.92 Å². The van der Waals surface area contributed by atoms with Crippen molar-refractivity contribution in [1.29, 1.82) is 0 Å². The molecule has 390 valence electrons. The Labute approximate surface area is 477 Å². The van der Waals surface area contributed by atoms with Crippen molar-refractivity contribution in [3.05, 3.63) is 295 Å². The van der Waals surface area contributed by atoms with Crippen LogP contribution in [0.3, 0.4) is 0 Å². The van der Waals surface area contributed by atoms with Crippen LogP contribution in [0.15, 0.2) is 276 Å². The molecule has 4 nitrogen and oxygen atoms in total. The molecule has 82 heavy (non-hydrogen) atoms. The molecule has 0 amide bonds. The Balaban J connectivity index is 1.03. The molecule has 0 saturated heterocycles. The molecule has 15 aromatic rings. The number of benzene rings is 13. The van der Waals surface area contributed by atoms with Crippen LogP contribution in [-0.2, 0) is 5.41 Å². The van der Waals surface area contributed by atoms with Crippen LogP contribution in [0.4, 0.5) is 34.1 Å². The Hall–Kier alpha value is -9.94. The summed E-state index contributed by atoms with van der Waals surface area (Å²) in [5, 5.41) is 12.9. The number of hydrogen-bond acceptors (Lipinski definition) is 4. The maximum Gasteiger partial charge on any atom is 0.159 e. The van der Waals surface area contributed by atoms with Gasteiger partial charge in [0, 0.05) is 44.0 Å². The largest absolute Gasteiger partial charge is 0.454 e. The molecular formula is C77H56N2O2Si. The monoisotopic (exact) mass is 1070 g/mol. The predicted molar refractivity (Wildman–Crippen MR) is 348 cm³/mol. The van der Waals surface area contributed by atoms with E-state index in [1.54, 1.807) is 0 Å². The molecule has 0 spiro atoms. The smallest absolute Gasteiger partial charge is 0.159 e. The number of aryl methyl sites for hydroxylation is 1. The summed E-state index contributed by atoms with van der Waals surface area (Å²) in [5.74, 6) is 0. The van der Waals surface area contributed by atoms with Gasteiger partial charge in [-0.05, 0) is 134 Å². The predicted octanol–water partition coefficient (Wildman–Crippen LogP) is 21.1. The summed E-state index contributed by atoms with van der Waals surface area (Å²) in [5.41, 5.74) is 17.5. The maximum atomic E-state index is 7.00. The van der Waals surface area contributed by atoms with E-state index in [-0.39, 0.29) is 0 Å². The zero-order valence-electron chi connectivity index (χ0n) is 46.1. The number of nitrogens with zero attached hydrogens (tertiary/aromatic N) is 2. The van der Waals surface area contributed by atoms with E-state index >= 15 is 0 Å². The van der Waals surface area contributed by atoms with E-state index in [0.717, 1.165) is 83.4 Å². The average Bonchev–Trinajstić information content (AvgIpc) is 1.94. The van der Waals surface area contributed by atoms with Crippen LogP contribution in [0.5, 0.6) is 0 Å². The average molecular weight is 1070 g/mol. The highest BCUT2D eigenvalue weighted by Crippen LogP contribution is 2.64. The molecular weight excluding hydrogens is 1010 g/mol. The van der Waals surface area contributed by atoms with Crippen LogP contribution < -0.4 is 15.0 Å². The van der Waals surface area contributed by atoms with Crippen LogP contribution in [0.25, 0.3) is 87.3 Å². The maximum absolute atomic E-state index is 7.00. The highest BCUT2D eigenvalue weighted by Gasteiger charge is 2.49. The quantitative estimate of drug-likeness (QED) is 0.107. The van der Waals surface area contributed by atoms with E-state index in [1.807, 2.05) is 6.07 Å². The minimum absolute atomic E-state index is 0.801. The van der Waals surface area contributed by atoms with Gasteiger partial charge in [0.2, 0.25) is 0 Å². The fraction of sp³-hybridized carbons (Fsp3) is 0.0649. The van der Waals surface area contributed by atoms with Crippen molar-refractivity contribution in [2.24, 2.45) is 0 Å². The van der Waals surface area contributed by atoms with Crippen molar-refractivity contribution in [3.8, 4) is 11.1 Å². The van der Waals surface area contributed by atoms with E-state index < -0.39 is 13.5 Å². The second kappa shape index (κ2) is 18.3. The first kappa shape index (κ1) is 48.0. The van der Waals surface area contributed by atoms with Crippen molar-refractivity contribution in [2.45, 2.75) is 32.0 Å². The zero-order valence-corrected chi connectivity index (χ0v) is 47.1. The summed E-state index contributed by atoms with van der Waals surface area (Å²) in [6.07, 6.45) is 0. The SMILES string of the molecule is Cc1ccc(N(c2ccc3c4c(c5ccccc5c3c2)-c2c(cc(N(c3ccc([Si](C)(C)C)cc3)c3cccc5c3oc3ccccc35)c3ccccc23)C4(c2ccccc2)c2ccccc2)c2cccc3c2oc2ccccc23)cc1. The molecule has 0 aliphatic heterocycles. The Morgan fingerprint density at radius 3 is 1.38 bits per heavy atom. The molecule has 5 heteroatoms. The van der Waals surface area contributed by atoms with Crippen LogP contribution >= 0.6 is 0 Å². The lowest BCUT2D eigenvalue weighted by molar-refractivity contribution is 0.668. The van der Waals surface area contributed by atoms with Gasteiger partial charge >= 0.3 is 0 Å². The van der Waals surface area contributed by atoms with Gasteiger partial charge in [-0.15, -0.1) is 0 Å². The molecule has 13 aromatic carbocycles. The lowest BCUT2D eigenvalue weighted by Crippen LogP contribution is -2.37. The normalized spacial score (nSPS) is 13.0. The van der Waals surface area contributed by atoms with E-state index in [2.05, 4.69) is 297 Å². The molecule has 0 unspecified atom stereocenters. The van der Waals surface area contributed by atoms with Crippen molar-refractivity contribution in [3.63, 3.8) is 0 Å². The van der Waals surface area contributed by atoms with Crippen molar-refractivity contribution >= 4 is 124 Å². The fourth-order valence-electron chi connectivity index (χ4n) is 13.8.